The SMILES string of the molecule is CC1CN(C(=O)c2ccc3cc[nH]c3c2)CCC1C(=O)O. The quantitative estimate of drug-likeness (QED) is 0.890. The van der Waals surface area contributed by atoms with Crippen molar-refractivity contribution in [2.45, 2.75) is 13.3 Å². The molecule has 5 heteroatoms. The van der Waals surface area contributed by atoms with Crippen LogP contribution < -0.4 is 0 Å². The van der Waals surface area contributed by atoms with Crippen molar-refractivity contribution >= 4 is 22.8 Å². The van der Waals surface area contributed by atoms with Crippen molar-refractivity contribution in [3.05, 3.63) is 36.0 Å². The molecule has 1 aliphatic rings. The van der Waals surface area contributed by atoms with Gasteiger partial charge >= 0.3 is 5.97 Å². The van der Waals surface area contributed by atoms with Gasteiger partial charge in [-0.3, -0.25) is 9.59 Å². The Bertz CT molecular complexity index is 692. The molecule has 21 heavy (non-hydrogen) atoms. The number of rotatable bonds is 2. The summed E-state index contributed by atoms with van der Waals surface area (Å²) in [5.41, 5.74) is 1.58. The Balaban J connectivity index is 1.78. The maximum Gasteiger partial charge on any atom is 0.306 e. The first-order valence-electron chi connectivity index (χ1n) is 7.15. The van der Waals surface area contributed by atoms with Gasteiger partial charge in [-0.1, -0.05) is 13.0 Å². The van der Waals surface area contributed by atoms with Gasteiger partial charge in [0.2, 0.25) is 0 Å². The molecule has 2 aromatic rings. The number of likely N-dealkylation sites (tertiary alicyclic amines) is 1. The number of amides is 1. The van der Waals surface area contributed by atoms with Crippen molar-refractivity contribution < 1.29 is 14.7 Å². The summed E-state index contributed by atoms with van der Waals surface area (Å²) < 4.78 is 0. The number of nitrogens with zero attached hydrogens (tertiary/aromatic N) is 1. The molecular weight excluding hydrogens is 268 g/mol. The Labute approximate surface area is 122 Å². The first-order valence-corrected chi connectivity index (χ1v) is 7.15. The predicted octanol–water partition coefficient (Wildman–Crippen LogP) is 2.35. The fourth-order valence-corrected chi connectivity index (χ4v) is 3.06. The van der Waals surface area contributed by atoms with Crippen LogP contribution in [0.5, 0.6) is 0 Å². The van der Waals surface area contributed by atoms with Crippen LogP contribution in [0.4, 0.5) is 0 Å². The van der Waals surface area contributed by atoms with Gasteiger partial charge in [-0.25, -0.2) is 0 Å². The number of H-pyrrole nitrogens is 1. The van der Waals surface area contributed by atoms with E-state index >= 15 is 0 Å². The number of benzene rings is 1. The lowest BCUT2D eigenvalue weighted by Crippen LogP contribution is -2.45. The molecule has 1 aliphatic heterocycles. The average molecular weight is 286 g/mol. The predicted molar refractivity (Wildman–Crippen MR) is 79.1 cm³/mol. The number of fused-ring (bicyclic) bond motifs is 1. The molecule has 0 bridgehead atoms. The molecule has 1 saturated heterocycles. The van der Waals surface area contributed by atoms with Gasteiger partial charge in [0, 0.05) is 30.4 Å². The molecule has 1 aromatic carbocycles. The molecule has 1 fully saturated rings. The molecule has 2 N–H and O–H groups in total. The van der Waals surface area contributed by atoms with Gasteiger partial charge in [-0.15, -0.1) is 0 Å². The number of nitrogens with one attached hydrogen (secondary N) is 1. The van der Waals surface area contributed by atoms with E-state index in [9.17, 15) is 9.59 Å². The summed E-state index contributed by atoms with van der Waals surface area (Å²) in [5.74, 6) is -1.15. The highest BCUT2D eigenvalue weighted by Crippen LogP contribution is 2.25. The van der Waals surface area contributed by atoms with Gasteiger partial charge < -0.3 is 15.0 Å². The molecule has 0 radical (unpaired) electrons. The fourth-order valence-electron chi connectivity index (χ4n) is 3.06. The van der Waals surface area contributed by atoms with E-state index in [0.29, 0.717) is 25.1 Å². The standard InChI is InChI=1S/C16H18N2O3/c1-10-9-18(7-5-13(10)16(20)21)15(19)12-3-2-11-4-6-17-14(11)8-12/h2-4,6,8,10,13,17H,5,7,9H2,1H3,(H,20,21). The van der Waals surface area contributed by atoms with Crippen LogP contribution in [-0.2, 0) is 4.79 Å². The van der Waals surface area contributed by atoms with Crippen LogP contribution in [0.3, 0.4) is 0 Å². The smallest absolute Gasteiger partial charge is 0.306 e. The van der Waals surface area contributed by atoms with Crippen LogP contribution in [-0.4, -0.2) is 40.0 Å². The lowest BCUT2D eigenvalue weighted by atomic mass is 9.87. The molecule has 1 amide bonds. The Morgan fingerprint density at radius 3 is 2.86 bits per heavy atom. The highest BCUT2D eigenvalue weighted by molar-refractivity contribution is 5.98. The number of aromatic amines is 1. The molecule has 2 atom stereocenters. The molecule has 1 aromatic heterocycles. The second-order valence-electron chi connectivity index (χ2n) is 5.74. The lowest BCUT2D eigenvalue weighted by Gasteiger charge is -2.35. The Kier molecular flexibility index (Phi) is 3.41. The summed E-state index contributed by atoms with van der Waals surface area (Å²) in [4.78, 5) is 28.5. The van der Waals surface area contributed by atoms with Crippen LogP contribution in [0.2, 0.25) is 0 Å². The summed E-state index contributed by atoms with van der Waals surface area (Å²) in [7, 11) is 0. The van der Waals surface area contributed by atoms with Gasteiger partial charge in [0.1, 0.15) is 0 Å². The van der Waals surface area contributed by atoms with Crippen LogP contribution in [0, 0.1) is 11.8 Å². The van der Waals surface area contributed by atoms with Crippen LogP contribution in [0.25, 0.3) is 10.9 Å². The maximum atomic E-state index is 12.6. The van der Waals surface area contributed by atoms with Gasteiger partial charge in [0.15, 0.2) is 0 Å². The largest absolute Gasteiger partial charge is 0.481 e. The summed E-state index contributed by atoms with van der Waals surface area (Å²) in [5, 5.41) is 10.2. The number of hydrogen-bond acceptors (Lipinski definition) is 2. The molecule has 110 valence electrons. The number of carbonyl (C=O) groups excluding carboxylic acids is 1. The van der Waals surface area contributed by atoms with Gasteiger partial charge in [-0.2, -0.15) is 0 Å². The molecule has 0 aliphatic carbocycles. The van der Waals surface area contributed by atoms with Gasteiger partial charge in [0.25, 0.3) is 5.91 Å². The third-order valence-corrected chi connectivity index (χ3v) is 4.31. The first-order chi connectivity index (χ1) is 10.1. The van der Waals surface area contributed by atoms with Crippen molar-refractivity contribution in [1.82, 2.24) is 9.88 Å². The van der Waals surface area contributed by atoms with E-state index < -0.39 is 5.97 Å². The van der Waals surface area contributed by atoms with Crippen LogP contribution in [0.15, 0.2) is 30.5 Å². The van der Waals surface area contributed by atoms with Crippen molar-refractivity contribution in [3.63, 3.8) is 0 Å². The fraction of sp³-hybridized carbons (Fsp3) is 0.375. The highest BCUT2D eigenvalue weighted by Gasteiger charge is 2.33. The number of carbonyl (C=O) groups is 2. The number of aromatic nitrogens is 1. The van der Waals surface area contributed by atoms with Crippen molar-refractivity contribution in [1.29, 1.82) is 0 Å². The minimum absolute atomic E-state index is 0.0191. The van der Waals surface area contributed by atoms with E-state index in [1.165, 1.54) is 0 Å². The minimum Gasteiger partial charge on any atom is -0.481 e. The number of carboxylic acids is 1. The molecule has 5 nitrogen and oxygen atoms in total. The monoisotopic (exact) mass is 286 g/mol. The van der Waals surface area contributed by atoms with Crippen molar-refractivity contribution in [3.8, 4) is 0 Å². The van der Waals surface area contributed by atoms with Crippen LogP contribution >= 0.6 is 0 Å². The van der Waals surface area contributed by atoms with E-state index in [2.05, 4.69) is 4.98 Å². The Morgan fingerprint density at radius 2 is 2.14 bits per heavy atom. The molecule has 3 rings (SSSR count). The minimum atomic E-state index is -0.762. The number of aliphatic carboxylic acids is 1. The van der Waals surface area contributed by atoms with Gasteiger partial charge in [-0.05, 0) is 35.9 Å². The zero-order valence-electron chi connectivity index (χ0n) is 11.9. The summed E-state index contributed by atoms with van der Waals surface area (Å²) >= 11 is 0. The first kappa shape index (κ1) is 13.7. The third kappa shape index (κ3) is 2.51. The number of hydrogen-bond donors (Lipinski definition) is 2. The van der Waals surface area contributed by atoms with E-state index in [4.69, 9.17) is 5.11 Å². The maximum absolute atomic E-state index is 12.6. The van der Waals surface area contributed by atoms with E-state index in [-0.39, 0.29) is 17.7 Å². The summed E-state index contributed by atoms with van der Waals surface area (Å²) in [6.07, 6.45) is 2.37. The van der Waals surface area contributed by atoms with E-state index in [1.807, 2.05) is 37.4 Å². The second kappa shape index (κ2) is 5.24. The normalized spacial score (nSPS) is 22.4. The van der Waals surface area contributed by atoms with Crippen molar-refractivity contribution in [2.24, 2.45) is 11.8 Å². The molecule has 0 spiro atoms. The number of carboxylic acid groups (broad SMARTS) is 1. The second-order valence-corrected chi connectivity index (χ2v) is 5.74. The molecule has 2 unspecified atom stereocenters. The Hall–Kier alpha value is -2.30. The van der Waals surface area contributed by atoms with E-state index in [0.717, 1.165) is 10.9 Å². The average Bonchev–Trinajstić information content (AvgIpc) is 2.93. The summed E-state index contributed by atoms with van der Waals surface area (Å²) in [6.45, 7) is 2.90. The molecule has 0 saturated carbocycles. The third-order valence-electron chi connectivity index (χ3n) is 4.31. The Morgan fingerprint density at radius 1 is 1.33 bits per heavy atom. The highest BCUT2D eigenvalue weighted by atomic mass is 16.4. The zero-order valence-corrected chi connectivity index (χ0v) is 11.9. The topological polar surface area (TPSA) is 73.4 Å². The summed E-state index contributed by atoms with van der Waals surface area (Å²) in [6, 6.07) is 7.56. The van der Waals surface area contributed by atoms with Gasteiger partial charge in [0.05, 0.1) is 5.92 Å². The zero-order chi connectivity index (χ0) is 15.0. The van der Waals surface area contributed by atoms with Crippen molar-refractivity contribution in [2.75, 3.05) is 13.1 Å². The van der Waals surface area contributed by atoms with Crippen LogP contribution in [0.1, 0.15) is 23.7 Å². The lowest BCUT2D eigenvalue weighted by molar-refractivity contribution is -0.145. The molecular formula is C16H18N2O3. The molecule has 2 heterocycles. The van der Waals surface area contributed by atoms with E-state index in [1.54, 1.807) is 4.90 Å². The number of piperidine rings is 1.